The first-order valence-electron chi connectivity index (χ1n) is 5.00. The van der Waals surface area contributed by atoms with Crippen molar-refractivity contribution in [1.29, 1.82) is 0 Å². The number of nitrogens with one attached hydrogen (secondary N) is 1. The average molecular weight is 189 g/mol. The van der Waals surface area contributed by atoms with Gasteiger partial charge in [0.1, 0.15) is 0 Å². The van der Waals surface area contributed by atoms with Crippen molar-refractivity contribution in [2.24, 2.45) is 0 Å². The zero-order valence-electron chi connectivity index (χ0n) is 9.30. The quantitative estimate of drug-likeness (QED) is 0.586. The Morgan fingerprint density at radius 3 is 2.46 bits per heavy atom. The van der Waals surface area contributed by atoms with Crippen molar-refractivity contribution >= 4 is 0 Å². The summed E-state index contributed by atoms with van der Waals surface area (Å²) in [7, 11) is 1.70. The number of methoxy groups -OCH3 is 1. The van der Waals surface area contributed by atoms with Gasteiger partial charge in [0.15, 0.2) is 0 Å². The SMILES string of the molecule is COC(C)COCCCNC(C)C. The van der Waals surface area contributed by atoms with Gasteiger partial charge < -0.3 is 14.8 Å². The van der Waals surface area contributed by atoms with E-state index in [-0.39, 0.29) is 6.10 Å². The van der Waals surface area contributed by atoms with E-state index in [0.29, 0.717) is 12.6 Å². The van der Waals surface area contributed by atoms with Gasteiger partial charge in [-0.3, -0.25) is 0 Å². The fourth-order valence-corrected chi connectivity index (χ4v) is 0.882. The van der Waals surface area contributed by atoms with Crippen LogP contribution >= 0.6 is 0 Å². The molecule has 3 heteroatoms. The van der Waals surface area contributed by atoms with E-state index in [2.05, 4.69) is 19.2 Å². The van der Waals surface area contributed by atoms with Crippen LogP contribution in [0.3, 0.4) is 0 Å². The second-order valence-electron chi connectivity index (χ2n) is 3.58. The third-order valence-electron chi connectivity index (χ3n) is 1.77. The lowest BCUT2D eigenvalue weighted by molar-refractivity contribution is 0.0179. The summed E-state index contributed by atoms with van der Waals surface area (Å²) in [4.78, 5) is 0. The summed E-state index contributed by atoms with van der Waals surface area (Å²) in [6.07, 6.45) is 1.27. The largest absolute Gasteiger partial charge is 0.379 e. The van der Waals surface area contributed by atoms with Gasteiger partial charge in [-0.15, -0.1) is 0 Å². The molecule has 0 heterocycles. The summed E-state index contributed by atoms with van der Waals surface area (Å²) < 4.78 is 10.5. The topological polar surface area (TPSA) is 30.5 Å². The minimum atomic E-state index is 0.207. The van der Waals surface area contributed by atoms with Gasteiger partial charge in [-0.25, -0.2) is 0 Å². The van der Waals surface area contributed by atoms with E-state index in [9.17, 15) is 0 Å². The summed E-state index contributed by atoms with van der Waals surface area (Å²) in [5.74, 6) is 0. The molecule has 1 unspecified atom stereocenters. The van der Waals surface area contributed by atoms with Gasteiger partial charge in [0.2, 0.25) is 0 Å². The molecule has 1 atom stereocenters. The fourth-order valence-electron chi connectivity index (χ4n) is 0.882. The second kappa shape index (κ2) is 8.48. The smallest absolute Gasteiger partial charge is 0.0776 e. The van der Waals surface area contributed by atoms with Gasteiger partial charge in [0.25, 0.3) is 0 Å². The van der Waals surface area contributed by atoms with Crippen molar-refractivity contribution in [2.75, 3.05) is 26.9 Å². The van der Waals surface area contributed by atoms with Crippen LogP contribution in [0.2, 0.25) is 0 Å². The van der Waals surface area contributed by atoms with Crippen molar-refractivity contribution < 1.29 is 9.47 Å². The molecule has 0 amide bonds. The molecule has 0 aliphatic carbocycles. The number of hydrogen-bond acceptors (Lipinski definition) is 3. The third kappa shape index (κ3) is 9.80. The molecule has 0 bridgehead atoms. The molecule has 0 aromatic heterocycles. The lowest BCUT2D eigenvalue weighted by Gasteiger charge is -2.11. The van der Waals surface area contributed by atoms with E-state index in [4.69, 9.17) is 9.47 Å². The van der Waals surface area contributed by atoms with E-state index >= 15 is 0 Å². The van der Waals surface area contributed by atoms with Crippen LogP contribution in [0.1, 0.15) is 27.2 Å². The highest BCUT2D eigenvalue weighted by atomic mass is 16.5. The summed E-state index contributed by atoms with van der Waals surface area (Å²) in [5, 5.41) is 3.34. The molecular weight excluding hydrogens is 166 g/mol. The van der Waals surface area contributed by atoms with Crippen LogP contribution in [0.25, 0.3) is 0 Å². The summed E-state index contributed by atoms with van der Waals surface area (Å²) in [5.41, 5.74) is 0. The lowest BCUT2D eigenvalue weighted by atomic mass is 10.3. The Bertz CT molecular complexity index is 107. The molecule has 0 aromatic rings. The highest BCUT2D eigenvalue weighted by Crippen LogP contribution is 1.90. The van der Waals surface area contributed by atoms with Gasteiger partial charge in [-0.1, -0.05) is 13.8 Å². The van der Waals surface area contributed by atoms with Gasteiger partial charge in [-0.05, 0) is 19.9 Å². The number of ether oxygens (including phenoxy) is 2. The van der Waals surface area contributed by atoms with Crippen LogP contribution in [0.4, 0.5) is 0 Å². The minimum Gasteiger partial charge on any atom is -0.379 e. The second-order valence-corrected chi connectivity index (χ2v) is 3.58. The van der Waals surface area contributed by atoms with Crippen LogP contribution in [-0.2, 0) is 9.47 Å². The Morgan fingerprint density at radius 2 is 1.92 bits per heavy atom. The molecule has 3 nitrogen and oxygen atoms in total. The van der Waals surface area contributed by atoms with Crippen molar-refractivity contribution in [3.05, 3.63) is 0 Å². The van der Waals surface area contributed by atoms with Crippen LogP contribution < -0.4 is 5.32 Å². The Hall–Kier alpha value is -0.120. The van der Waals surface area contributed by atoms with Gasteiger partial charge in [-0.2, -0.15) is 0 Å². The Morgan fingerprint density at radius 1 is 1.23 bits per heavy atom. The lowest BCUT2D eigenvalue weighted by Crippen LogP contribution is -2.25. The standard InChI is InChI=1S/C10H23NO2/c1-9(2)11-6-5-7-13-8-10(3)12-4/h9-11H,5-8H2,1-4H3. The molecule has 0 spiro atoms. The summed E-state index contributed by atoms with van der Waals surface area (Å²) in [6.45, 7) is 8.83. The molecule has 0 saturated carbocycles. The monoisotopic (exact) mass is 189 g/mol. The molecule has 0 fully saturated rings. The highest BCUT2D eigenvalue weighted by molar-refractivity contribution is 4.52. The van der Waals surface area contributed by atoms with Crippen molar-refractivity contribution in [1.82, 2.24) is 5.32 Å². The molecule has 0 aliphatic heterocycles. The van der Waals surface area contributed by atoms with Gasteiger partial charge in [0, 0.05) is 19.8 Å². The van der Waals surface area contributed by atoms with Crippen molar-refractivity contribution in [3.8, 4) is 0 Å². The molecule has 1 N–H and O–H groups in total. The van der Waals surface area contributed by atoms with Crippen LogP contribution in [0.15, 0.2) is 0 Å². The van der Waals surface area contributed by atoms with Crippen LogP contribution in [-0.4, -0.2) is 39.0 Å². The molecular formula is C10H23NO2. The summed E-state index contributed by atoms with van der Waals surface area (Å²) in [6, 6.07) is 0.567. The van der Waals surface area contributed by atoms with E-state index < -0.39 is 0 Å². The Labute approximate surface area is 81.8 Å². The third-order valence-corrected chi connectivity index (χ3v) is 1.77. The van der Waals surface area contributed by atoms with Gasteiger partial charge >= 0.3 is 0 Å². The molecule has 0 aliphatic rings. The number of hydrogen-bond donors (Lipinski definition) is 1. The van der Waals surface area contributed by atoms with Crippen molar-refractivity contribution in [2.45, 2.75) is 39.3 Å². The van der Waals surface area contributed by atoms with E-state index in [1.807, 2.05) is 6.92 Å². The first-order chi connectivity index (χ1) is 6.16. The predicted octanol–water partition coefficient (Wildman–Crippen LogP) is 1.43. The first kappa shape index (κ1) is 12.9. The average Bonchev–Trinajstić information content (AvgIpc) is 2.10. The Balaban J connectivity index is 2.99. The maximum Gasteiger partial charge on any atom is 0.0776 e. The van der Waals surface area contributed by atoms with Crippen LogP contribution in [0, 0.1) is 0 Å². The molecule has 13 heavy (non-hydrogen) atoms. The zero-order chi connectivity index (χ0) is 10.1. The van der Waals surface area contributed by atoms with Crippen molar-refractivity contribution in [3.63, 3.8) is 0 Å². The predicted molar refractivity (Wildman–Crippen MR) is 55.0 cm³/mol. The fraction of sp³-hybridized carbons (Fsp3) is 1.00. The van der Waals surface area contributed by atoms with E-state index in [1.165, 1.54) is 0 Å². The molecule has 0 rings (SSSR count). The minimum absolute atomic E-state index is 0.207. The van der Waals surface area contributed by atoms with E-state index in [0.717, 1.165) is 19.6 Å². The van der Waals surface area contributed by atoms with Gasteiger partial charge in [0.05, 0.1) is 12.7 Å². The molecule has 0 aromatic carbocycles. The van der Waals surface area contributed by atoms with Crippen LogP contribution in [0.5, 0.6) is 0 Å². The van der Waals surface area contributed by atoms with E-state index in [1.54, 1.807) is 7.11 Å². The maximum atomic E-state index is 5.40. The zero-order valence-corrected chi connectivity index (χ0v) is 9.30. The molecule has 80 valence electrons. The maximum absolute atomic E-state index is 5.40. The summed E-state index contributed by atoms with van der Waals surface area (Å²) >= 11 is 0. The number of rotatable bonds is 8. The molecule has 0 radical (unpaired) electrons. The first-order valence-corrected chi connectivity index (χ1v) is 5.00. The Kier molecular flexibility index (Phi) is 8.40. The highest BCUT2D eigenvalue weighted by Gasteiger charge is 1.98. The molecule has 0 saturated heterocycles. The normalized spacial score (nSPS) is 13.6.